The average molecular weight is 416 g/mol. The maximum atomic E-state index is 13.6. The number of carbonyl (C=O) groups is 1. The molecule has 2 aromatic rings. The van der Waals surface area contributed by atoms with Crippen molar-refractivity contribution in [3.63, 3.8) is 0 Å². The molecule has 4 nitrogen and oxygen atoms in total. The predicted molar refractivity (Wildman–Crippen MR) is 114 cm³/mol. The molecule has 1 saturated heterocycles. The lowest BCUT2D eigenvalue weighted by Crippen LogP contribution is -2.43. The molecule has 0 bridgehead atoms. The van der Waals surface area contributed by atoms with Gasteiger partial charge in [0, 0.05) is 16.8 Å². The van der Waals surface area contributed by atoms with E-state index in [0.717, 1.165) is 11.3 Å². The van der Waals surface area contributed by atoms with Gasteiger partial charge in [-0.15, -0.1) is 11.6 Å². The molecule has 2 amide bonds. The minimum Gasteiger partial charge on any atom is -0.311 e. The van der Waals surface area contributed by atoms with Crippen LogP contribution in [0.25, 0.3) is 0 Å². The number of hydrogen-bond acceptors (Lipinski definition) is 2. The summed E-state index contributed by atoms with van der Waals surface area (Å²) in [4.78, 5) is 17.2. The van der Waals surface area contributed by atoms with Gasteiger partial charge in [-0.25, -0.2) is 4.79 Å². The van der Waals surface area contributed by atoms with Crippen LogP contribution in [0.15, 0.2) is 48.5 Å². The first-order chi connectivity index (χ1) is 13.2. The van der Waals surface area contributed by atoms with E-state index >= 15 is 0 Å². The molecule has 146 valence electrons. The minimum absolute atomic E-state index is 0.111. The van der Waals surface area contributed by atoms with Gasteiger partial charge < -0.3 is 4.90 Å². The van der Waals surface area contributed by atoms with Gasteiger partial charge in [-0.05, 0) is 69.7 Å². The third kappa shape index (κ3) is 3.45. The van der Waals surface area contributed by atoms with Gasteiger partial charge in [0.25, 0.3) is 0 Å². The highest BCUT2D eigenvalue weighted by molar-refractivity contribution is 6.30. The fraction of sp³-hybridized carbons (Fsp3) is 0.364. The first kappa shape index (κ1) is 20.5. The summed E-state index contributed by atoms with van der Waals surface area (Å²) in [5.41, 5.74) is 1.69. The lowest BCUT2D eigenvalue weighted by atomic mass is 9.86. The Kier molecular flexibility index (Phi) is 5.61. The Morgan fingerprint density at radius 2 is 1.79 bits per heavy atom. The second kappa shape index (κ2) is 7.66. The van der Waals surface area contributed by atoms with E-state index < -0.39 is 5.54 Å². The van der Waals surface area contributed by atoms with Gasteiger partial charge in [0.05, 0.1) is 28.6 Å². The van der Waals surface area contributed by atoms with E-state index in [4.69, 9.17) is 23.2 Å². The Bertz CT molecular complexity index is 918. The first-order valence-electron chi connectivity index (χ1n) is 9.20. The van der Waals surface area contributed by atoms with E-state index in [1.54, 1.807) is 23.1 Å². The largest absolute Gasteiger partial charge is 0.325 e. The summed E-state index contributed by atoms with van der Waals surface area (Å²) in [5, 5.41) is 9.72. The Balaban J connectivity index is 2.17. The molecule has 0 saturated carbocycles. The number of anilines is 1. The summed E-state index contributed by atoms with van der Waals surface area (Å²) < 4.78 is 0. The highest BCUT2D eigenvalue weighted by Gasteiger charge is 2.54. The molecular formula is C22H23Cl2N3O. The van der Waals surface area contributed by atoms with Crippen LogP contribution in [0.4, 0.5) is 10.5 Å². The van der Waals surface area contributed by atoms with Crippen molar-refractivity contribution in [2.24, 2.45) is 0 Å². The van der Waals surface area contributed by atoms with Crippen molar-refractivity contribution in [1.82, 2.24) is 4.90 Å². The fourth-order valence-corrected chi connectivity index (χ4v) is 4.19. The van der Waals surface area contributed by atoms with E-state index in [-0.39, 0.29) is 23.5 Å². The van der Waals surface area contributed by atoms with Crippen LogP contribution in [-0.4, -0.2) is 27.9 Å². The third-order valence-electron chi connectivity index (χ3n) is 5.46. The molecule has 3 rings (SSSR count). The maximum absolute atomic E-state index is 13.6. The van der Waals surface area contributed by atoms with E-state index in [1.807, 2.05) is 62.9 Å². The monoisotopic (exact) mass is 415 g/mol. The third-order valence-corrected chi connectivity index (χ3v) is 6.07. The van der Waals surface area contributed by atoms with Crippen LogP contribution in [0.3, 0.4) is 0 Å². The number of hydrogen-bond donors (Lipinski definition) is 0. The molecule has 0 aromatic heterocycles. The van der Waals surface area contributed by atoms with Crippen molar-refractivity contribution < 1.29 is 4.79 Å². The first-order valence-corrected chi connectivity index (χ1v) is 10.0. The van der Waals surface area contributed by atoms with Crippen molar-refractivity contribution in [2.75, 3.05) is 4.90 Å². The molecule has 1 fully saturated rings. The van der Waals surface area contributed by atoms with Gasteiger partial charge in [0.1, 0.15) is 0 Å². The molecule has 2 aromatic carbocycles. The Hall–Kier alpha value is -2.22. The SMILES string of the molecule is CC(Cl)[C@H](C)N1C(=O)N(c2ccc(Cl)cc2)C(C)(C)[C@H]1c1cccc(C#N)c1. The van der Waals surface area contributed by atoms with Gasteiger partial charge in [0.2, 0.25) is 0 Å². The molecule has 1 aliphatic heterocycles. The number of nitriles is 1. The topological polar surface area (TPSA) is 47.3 Å². The molecule has 28 heavy (non-hydrogen) atoms. The standard InChI is InChI=1S/C22H23Cl2N3O/c1-14(23)15(2)26-20(17-7-5-6-16(12-17)13-25)22(3,4)27(21(26)28)19-10-8-18(24)9-11-19/h5-12,14-15,20H,1-4H3/t14?,15-,20+/m0/s1. The molecule has 0 spiro atoms. The van der Waals surface area contributed by atoms with Crippen LogP contribution >= 0.6 is 23.2 Å². The number of alkyl halides is 1. The maximum Gasteiger partial charge on any atom is 0.325 e. The number of benzene rings is 2. The van der Waals surface area contributed by atoms with Gasteiger partial charge in [-0.2, -0.15) is 5.26 Å². The van der Waals surface area contributed by atoms with E-state index in [2.05, 4.69) is 6.07 Å². The summed E-state index contributed by atoms with van der Waals surface area (Å²) in [5.74, 6) is 0. The van der Waals surface area contributed by atoms with Crippen molar-refractivity contribution in [2.45, 2.75) is 50.7 Å². The molecule has 0 aliphatic carbocycles. The van der Waals surface area contributed by atoms with Crippen LogP contribution in [0, 0.1) is 11.3 Å². The predicted octanol–water partition coefficient (Wildman–Crippen LogP) is 5.99. The second-order valence-electron chi connectivity index (χ2n) is 7.71. The Labute approximate surface area is 176 Å². The lowest BCUT2D eigenvalue weighted by Gasteiger charge is -2.37. The van der Waals surface area contributed by atoms with Crippen molar-refractivity contribution in [3.8, 4) is 6.07 Å². The van der Waals surface area contributed by atoms with Gasteiger partial charge >= 0.3 is 6.03 Å². The van der Waals surface area contributed by atoms with E-state index in [1.165, 1.54) is 0 Å². The Morgan fingerprint density at radius 3 is 2.36 bits per heavy atom. The van der Waals surface area contributed by atoms with Crippen LogP contribution in [0.5, 0.6) is 0 Å². The van der Waals surface area contributed by atoms with Gasteiger partial charge in [-0.3, -0.25) is 4.90 Å². The van der Waals surface area contributed by atoms with Crippen LogP contribution in [0.1, 0.15) is 44.9 Å². The smallest absolute Gasteiger partial charge is 0.311 e. The minimum atomic E-state index is -0.570. The van der Waals surface area contributed by atoms with Crippen LogP contribution < -0.4 is 4.90 Å². The molecular weight excluding hydrogens is 393 g/mol. The number of amides is 2. The molecule has 0 N–H and O–H groups in total. The highest BCUT2D eigenvalue weighted by Crippen LogP contribution is 2.47. The van der Waals surface area contributed by atoms with Gasteiger partial charge in [0.15, 0.2) is 0 Å². The summed E-state index contributed by atoms with van der Waals surface area (Å²) >= 11 is 12.5. The summed E-state index contributed by atoms with van der Waals surface area (Å²) in [6.07, 6.45) is 0. The lowest BCUT2D eigenvalue weighted by molar-refractivity contribution is 0.167. The molecule has 0 radical (unpaired) electrons. The molecule has 1 unspecified atom stereocenters. The molecule has 6 heteroatoms. The summed E-state index contributed by atoms with van der Waals surface area (Å²) in [7, 11) is 0. The zero-order chi connectivity index (χ0) is 20.6. The molecule has 3 atom stereocenters. The van der Waals surface area contributed by atoms with Crippen LogP contribution in [0.2, 0.25) is 5.02 Å². The summed E-state index contributed by atoms with van der Waals surface area (Å²) in [6.45, 7) is 7.92. The fourth-order valence-electron chi connectivity index (χ4n) is 3.95. The Morgan fingerprint density at radius 1 is 1.14 bits per heavy atom. The summed E-state index contributed by atoms with van der Waals surface area (Å²) in [6, 6.07) is 16.3. The normalized spacial score (nSPS) is 20.8. The van der Waals surface area contributed by atoms with Gasteiger partial charge in [-0.1, -0.05) is 23.7 Å². The number of halogens is 2. The van der Waals surface area contributed by atoms with E-state index in [9.17, 15) is 10.1 Å². The van der Waals surface area contributed by atoms with Crippen LogP contribution in [-0.2, 0) is 0 Å². The van der Waals surface area contributed by atoms with Crippen molar-refractivity contribution >= 4 is 34.9 Å². The number of nitrogens with zero attached hydrogens (tertiary/aromatic N) is 3. The highest BCUT2D eigenvalue weighted by atomic mass is 35.5. The zero-order valence-corrected chi connectivity index (χ0v) is 17.9. The molecule has 1 heterocycles. The number of urea groups is 1. The second-order valence-corrected chi connectivity index (χ2v) is 8.84. The number of rotatable bonds is 4. The molecule has 1 aliphatic rings. The van der Waals surface area contributed by atoms with Crippen molar-refractivity contribution in [1.29, 1.82) is 5.26 Å². The quantitative estimate of drug-likeness (QED) is 0.575. The van der Waals surface area contributed by atoms with Crippen molar-refractivity contribution in [3.05, 3.63) is 64.7 Å². The zero-order valence-electron chi connectivity index (χ0n) is 16.4. The average Bonchev–Trinajstić information content (AvgIpc) is 2.87. The number of carbonyl (C=O) groups excluding carboxylic acids is 1. The van der Waals surface area contributed by atoms with E-state index in [0.29, 0.717) is 10.6 Å².